The number of nitrogens with one attached hydrogen (secondary N) is 1. The summed E-state index contributed by atoms with van der Waals surface area (Å²) >= 11 is 0. The molecule has 2 aromatic carbocycles. The molecule has 1 heterocycles. The van der Waals surface area contributed by atoms with Crippen molar-refractivity contribution in [3.8, 4) is 5.75 Å². The Morgan fingerprint density at radius 3 is 2.30 bits per heavy atom. The Bertz CT molecular complexity index is 766. The molecule has 3 rings (SSSR count). The van der Waals surface area contributed by atoms with Crippen LogP contribution in [0.15, 0.2) is 54.6 Å². The Kier molecular flexibility index (Phi) is 6.12. The van der Waals surface area contributed by atoms with Gasteiger partial charge in [-0.1, -0.05) is 35.9 Å². The normalized spacial score (nSPS) is 15.9. The van der Waals surface area contributed by atoms with E-state index in [2.05, 4.69) is 5.32 Å². The van der Waals surface area contributed by atoms with Gasteiger partial charge in [-0.3, -0.25) is 9.59 Å². The van der Waals surface area contributed by atoms with Crippen LogP contribution < -0.4 is 10.1 Å². The molecule has 1 N–H and O–H groups in total. The number of aryl methyl sites for hydroxylation is 1. The lowest BCUT2D eigenvalue weighted by Gasteiger charge is -2.33. The van der Waals surface area contributed by atoms with Crippen molar-refractivity contribution < 1.29 is 14.3 Å². The quantitative estimate of drug-likeness (QED) is 0.884. The number of likely N-dealkylation sites (tertiary alicyclic amines) is 1. The second-order valence-electron chi connectivity index (χ2n) is 7.01. The van der Waals surface area contributed by atoms with Crippen molar-refractivity contribution in [2.75, 3.05) is 13.1 Å². The van der Waals surface area contributed by atoms with Gasteiger partial charge in [0.25, 0.3) is 11.8 Å². The van der Waals surface area contributed by atoms with Crippen LogP contribution >= 0.6 is 0 Å². The minimum Gasteiger partial charge on any atom is -0.481 e. The zero-order valence-corrected chi connectivity index (χ0v) is 15.9. The highest BCUT2D eigenvalue weighted by atomic mass is 16.5. The van der Waals surface area contributed by atoms with E-state index in [9.17, 15) is 9.59 Å². The van der Waals surface area contributed by atoms with Gasteiger partial charge in [-0.25, -0.2) is 0 Å². The SMILES string of the molecule is Cc1ccc(O[C@@H](C)C(=O)N2CCC(NC(=O)c3ccccc3)CC2)cc1. The maximum absolute atomic E-state index is 12.6. The maximum Gasteiger partial charge on any atom is 0.263 e. The molecular formula is C22H26N2O3. The van der Waals surface area contributed by atoms with Crippen LogP contribution in [-0.2, 0) is 4.79 Å². The van der Waals surface area contributed by atoms with E-state index in [1.54, 1.807) is 19.1 Å². The fourth-order valence-corrected chi connectivity index (χ4v) is 3.23. The smallest absolute Gasteiger partial charge is 0.263 e. The first-order valence-electron chi connectivity index (χ1n) is 9.41. The van der Waals surface area contributed by atoms with Crippen LogP contribution in [0, 0.1) is 6.92 Å². The highest BCUT2D eigenvalue weighted by Gasteiger charge is 2.27. The molecule has 2 amide bonds. The van der Waals surface area contributed by atoms with E-state index < -0.39 is 6.10 Å². The summed E-state index contributed by atoms with van der Waals surface area (Å²) in [5.41, 5.74) is 1.82. The summed E-state index contributed by atoms with van der Waals surface area (Å²) in [4.78, 5) is 26.7. The van der Waals surface area contributed by atoms with Crippen molar-refractivity contribution in [1.82, 2.24) is 10.2 Å². The van der Waals surface area contributed by atoms with Gasteiger partial charge < -0.3 is 15.0 Å². The summed E-state index contributed by atoms with van der Waals surface area (Å²) in [7, 11) is 0. The van der Waals surface area contributed by atoms with Crippen molar-refractivity contribution in [3.05, 3.63) is 65.7 Å². The van der Waals surface area contributed by atoms with Crippen LogP contribution in [0.2, 0.25) is 0 Å². The molecule has 0 bridgehead atoms. The van der Waals surface area contributed by atoms with Crippen LogP contribution in [0.4, 0.5) is 0 Å². The molecule has 0 unspecified atom stereocenters. The molecule has 0 aromatic heterocycles. The summed E-state index contributed by atoms with van der Waals surface area (Å²) in [6.07, 6.45) is 0.978. The molecule has 1 aliphatic heterocycles. The highest BCUT2D eigenvalue weighted by molar-refractivity contribution is 5.94. The lowest BCUT2D eigenvalue weighted by atomic mass is 10.0. The Morgan fingerprint density at radius 2 is 1.67 bits per heavy atom. The van der Waals surface area contributed by atoms with Crippen LogP contribution in [0.5, 0.6) is 5.75 Å². The number of piperidine rings is 1. The molecule has 1 atom stereocenters. The van der Waals surface area contributed by atoms with Crippen molar-refractivity contribution in [2.45, 2.75) is 38.8 Å². The number of amides is 2. The number of benzene rings is 2. The Morgan fingerprint density at radius 1 is 1.04 bits per heavy atom. The molecule has 0 saturated carbocycles. The molecule has 0 radical (unpaired) electrons. The predicted octanol–water partition coefficient (Wildman–Crippen LogP) is 3.18. The van der Waals surface area contributed by atoms with Gasteiger partial charge in [0.2, 0.25) is 0 Å². The molecule has 1 fully saturated rings. The minimum absolute atomic E-state index is 0.0107. The number of hydrogen-bond acceptors (Lipinski definition) is 3. The van der Waals surface area contributed by atoms with Gasteiger partial charge in [-0.2, -0.15) is 0 Å². The summed E-state index contributed by atoms with van der Waals surface area (Å²) in [5, 5.41) is 3.06. The van der Waals surface area contributed by atoms with E-state index in [0.717, 1.165) is 18.4 Å². The average molecular weight is 366 g/mol. The lowest BCUT2D eigenvalue weighted by Crippen LogP contribution is -2.49. The third kappa shape index (κ3) is 5.09. The van der Waals surface area contributed by atoms with Crippen LogP contribution in [0.25, 0.3) is 0 Å². The Balaban J connectivity index is 1.47. The fraction of sp³-hybridized carbons (Fsp3) is 0.364. The Hall–Kier alpha value is -2.82. The monoisotopic (exact) mass is 366 g/mol. The number of rotatable bonds is 5. The topological polar surface area (TPSA) is 58.6 Å². The predicted molar refractivity (Wildman–Crippen MR) is 105 cm³/mol. The molecule has 1 saturated heterocycles. The largest absolute Gasteiger partial charge is 0.481 e. The van der Waals surface area contributed by atoms with Crippen molar-refractivity contribution in [1.29, 1.82) is 0 Å². The number of carbonyl (C=O) groups is 2. The zero-order valence-electron chi connectivity index (χ0n) is 15.9. The summed E-state index contributed by atoms with van der Waals surface area (Å²) in [6.45, 7) is 5.05. The van der Waals surface area contributed by atoms with E-state index >= 15 is 0 Å². The molecule has 0 spiro atoms. The van der Waals surface area contributed by atoms with Gasteiger partial charge in [0, 0.05) is 24.7 Å². The van der Waals surface area contributed by atoms with Gasteiger partial charge in [0.15, 0.2) is 6.10 Å². The molecule has 27 heavy (non-hydrogen) atoms. The first kappa shape index (κ1) is 19.0. The molecule has 1 aliphatic rings. The number of hydrogen-bond donors (Lipinski definition) is 1. The fourth-order valence-electron chi connectivity index (χ4n) is 3.23. The minimum atomic E-state index is -0.525. The highest BCUT2D eigenvalue weighted by Crippen LogP contribution is 2.17. The zero-order chi connectivity index (χ0) is 19.2. The van der Waals surface area contributed by atoms with E-state index in [1.165, 1.54) is 0 Å². The van der Waals surface area contributed by atoms with E-state index in [1.807, 2.05) is 54.3 Å². The number of ether oxygens (including phenoxy) is 1. The van der Waals surface area contributed by atoms with Crippen LogP contribution in [-0.4, -0.2) is 41.9 Å². The van der Waals surface area contributed by atoms with Gasteiger partial charge in [0.05, 0.1) is 0 Å². The average Bonchev–Trinajstić information content (AvgIpc) is 2.70. The van der Waals surface area contributed by atoms with Crippen LogP contribution in [0.1, 0.15) is 35.7 Å². The first-order chi connectivity index (χ1) is 13.0. The second-order valence-corrected chi connectivity index (χ2v) is 7.01. The van der Waals surface area contributed by atoms with E-state index in [0.29, 0.717) is 24.4 Å². The molecule has 2 aromatic rings. The number of carbonyl (C=O) groups excluding carboxylic acids is 2. The van der Waals surface area contributed by atoms with Gasteiger partial charge in [-0.05, 0) is 51.0 Å². The van der Waals surface area contributed by atoms with Crippen LogP contribution in [0.3, 0.4) is 0 Å². The molecule has 5 nitrogen and oxygen atoms in total. The van der Waals surface area contributed by atoms with E-state index in [4.69, 9.17) is 4.74 Å². The van der Waals surface area contributed by atoms with Gasteiger partial charge in [-0.15, -0.1) is 0 Å². The maximum atomic E-state index is 12.6. The summed E-state index contributed by atoms with van der Waals surface area (Å²) in [6, 6.07) is 17.0. The third-order valence-corrected chi connectivity index (χ3v) is 4.86. The van der Waals surface area contributed by atoms with Crippen molar-refractivity contribution in [2.24, 2.45) is 0 Å². The second kappa shape index (κ2) is 8.71. The molecular weight excluding hydrogens is 340 g/mol. The molecule has 142 valence electrons. The Labute approximate surface area is 160 Å². The van der Waals surface area contributed by atoms with Crippen molar-refractivity contribution in [3.63, 3.8) is 0 Å². The summed E-state index contributed by atoms with van der Waals surface area (Å²) < 4.78 is 5.77. The van der Waals surface area contributed by atoms with Crippen molar-refractivity contribution >= 4 is 11.8 Å². The lowest BCUT2D eigenvalue weighted by molar-refractivity contribution is -0.139. The molecule has 5 heteroatoms. The van der Waals surface area contributed by atoms with E-state index in [-0.39, 0.29) is 17.9 Å². The summed E-state index contributed by atoms with van der Waals surface area (Å²) in [5.74, 6) is 0.631. The first-order valence-corrected chi connectivity index (χ1v) is 9.41. The molecule has 0 aliphatic carbocycles. The standard InChI is InChI=1S/C22H26N2O3/c1-16-8-10-20(11-9-16)27-17(2)22(26)24-14-12-19(13-15-24)23-21(25)18-6-4-3-5-7-18/h3-11,17,19H,12-15H2,1-2H3,(H,23,25)/t17-/m0/s1. The third-order valence-electron chi connectivity index (χ3n) is 4.86. The van der Waals surface area contributed by atoms with Gasteiger partial charge >= 0.3 is 0 Å². The van der Waals surface area contributed by atoms with Gasteiger partial charge in [0.1, 0.15) is 5.75 Å². The number of nitrogens with zero attached hydrogens (tertiary/aromatic N) is 1.